The molecule has 0 fully saturated rings. The first kappa shape index (κ1) is 18.1. The molecule has 0 saturated carbocycles. The van der Waals surface area contributed by atoms with Gasteiger partial charge in [0, 0.05) is 0 Å². The topological polar surface area (TPSA) is 82.7 Å². The van der Waals surface area contributed by atoms with Gasteiger partial charge in [0.2, 0.25) is 0 Å². The second kappa shape index (κ2) is 8.06. The number of hydrogen-bond acceptors (Lipinski definition) is 5. The number of rotatable bonds is 6. The number of hydrogen-bond donors (Lipinski definition) is 3. The van der Waals surface area contributed by atoms with Gasteiger partial charge in [0.15, 0.2) is 11.2 Å². The molecule has 0 spiro atoms. The van der Waals surface area contributed by atoms with Gasteiger partial charge < -0.3 is 19.9 Å². The zero-order valence-corrected chi connectivity index (χ0v) is 14.2. The molecular weight excluding hydrogens is 318 g/mol. The molecule has 5 heteroatoms. The van der Waals surface area contributed by atoms with Crippen molar-refractivity contribution in [3.63, 3.8) is 0 Å². The van der Waals surface area contributed by atoms with Crippen molar-refractivity contribution < 1.29 is 14.6 Å². The van der Waals surface area contributed by atoms with E-state index in [9.17, 15) is 9.90 Å². The zero-order valence-electron chi connectivity index (χ0n) is 14.2. The highest BCUT2D eigenvalue weighted by Crippen LogP contribution is 2.24. The Bertz CT molecular complexity index is 919. The third kappa shape index (κ3) is 3.66. The van der Waals surface area contributed by atoms with Crippen molar-refractivity contribution in [1.29, 1.82) is 0 Å². The van der Waals surface area contributed by atoms with E-state index >= 15 is 0 Å². The van der Waals surface area contributed by atoms with Crippen LogP contribution in [0.2, 0.25) is 0 Å². The van der Waals surface area contributed by atoms with Crippen LogP contribution in [-0.4, -0.2) is 10.2 Å². The Morgan fingerprint density at radius 3 is 2.80 bits per heavy atom. The van der Waals surface area contributed by atoms with Crippen molar-refractivity contribution >= 4 is 17.0 Å². The Balaban J connectivity index is 2.71. The molecule has 5 nitrogen and oxygen atoms in total. The number of nitrogens with one attached hydrogen (secondary N) is 1. The van der Waals surface area contributed by atoms with Crippen molar-refractivity contribution in [2.45, 2.75) is 19.9 Å². The van der Waals surface area contributed by atoms with Gasteiger partial charge in [-0.15, -0.1) is 0 Å². The lowest BCUT2D eigenvalue weighted by atomic mass is 9.99. The Morgan fingerprint density at radius 2 is 2.16 bits per heavy atom. The van der Waals surface area contributed by atoms with E-state index in [4.69, 9.17) is 9.52 Å². The van der Waals surface area contributed by atoms with Crippen molar-refractivity contribution in [3.8, 4) is 0 Å². The number of allylic oxidation sites excluding steroid dienone is 3. The highest BCUT2D eigenvalue weighted by molar-refractivity contribution is 5.84. The molecule has 0 aliphatic carbocycles. The normalized spacial score (nSPS) is 13.6. The van der Waals surface area contributed by atoms with Crippen LogP contribution in [0.4, 0.5) is 0 Å². The molecule has 130 valence electrons. The first-order valence-corrected chi connectivity index (χ1v) is 7.79. The van der Waals surface area contributed by atoms with E-state index in [1.807, 2.05) is 19.1 Å². The van der Waals surface area contributed by atoms with Crippen molar-refractivity contribution in [2.75, 3.05) is 0 Å². The second-order valence-electron chi connectivity index (χ2n) is 5.42. The molecule has 1 aromatic carbocycles. The van der Waals surface area contributed by atoms with Gasteiger partial charge >= 0.3 is 0 Å². The lowest BCUT2D eigenvalue weighted by Crippen LogP contribution is -2.25. The summed E-state index contributed by atoms with van der Waals surface area (Å²) in [6.07, 6.45) is 10.4. The monoisotopic (exact) mass is 339 g/mol. The van der Waals surface area contributed by atoms with E-state index in [1.54, 1.807) is 37.4 Å². The van der Waals surface area contributed by atoms with Crippen LogP contribution in [0.25, 0.3) is 17.0 Å². The lowest BCUT2D eigenvalue weighted by Gasteiger charge is -2.16. The smallest absolute Gasteiger partial charge is 0.198 e. The third-order valence-electron chi connectivity index (χ3n) is 3.85. The average Bonchev–Trinajstić information content (AvgIpc) is 2.62. The Hall–Kier alpha value is -3.21. The van der Waals surface area contributed by atoms with E-state index in [0.717, 1.165) is 11.1 Å². The number of fused-ring (bicyclic) bond motifs is 1. The van der Waals surface area contributed by atoms with Gasteiger partial charge in [-0.25, -0.2) is 0 Å². The number of aryl methyl sites for hydroxylation is 1. The van der Waals surface area contributed by atoms with Crippen LogP contribution in [0.3, 0.4) is 0 Å². The van der Waals surface area contributed by atoms with Crippen LogP contribution in [0.15, 0.2) is 70.6 Å². The van der Waals surface area contributed by atoms with Gasteiger partial charge in [-0.05, 0) is 37.2 Å². The summed E-state index contributed by atoms with van der Waals surface area (Å²) >= 11 is 0. The number of aliphatic hydroxyl groups excluding tert-OH is 2. The van der Waals surface area contributed by atoms with Gasteiger partial charge in [-0.1, -0.05) is 36.9 Å². The maximum atomic E-state index is 13.0. The highest BCUT2D eigenvalue weighted by Gasteiger charge is 2.21. The summed E-state index contributed by atoms with van der Waals surface area (Å²) in [5.74, 6) is -0.384. The molecule has 3 N–H and O–H groups in total. The van der Waals surface area contributed by atoms with Crippen LogP contribution in [0.5, 0.6) is 0 Å². The molecule has 0 aliphatic rings. The molecule has 0 amide bonds. The fourth-order valence-electron chi connectivity index (χ4n) is 2.56. The summed E-state index contributed by atoms with van der Waals surface area (Å²) in [6, 6.07) is 2.68. The van der Waals surface area contributed by atoms with Crippen LogP contribution in [0.1, 0.15) is 29.7 Å². The quantitative estimate of drug-likeness (QED) is 0.536. The summed E-state index contributed by atoms with van der Waals surface area (Å²) < 4.78 is 5.59. The molecule has 1 heterocycles. The Labute approximate surface area is 145 Å². The SMILES string of the molecule is C=C/C=C\c1ccc2occ(C(N/C=C\C)/C(O)=C/O)c(=O)c2c1C. The standard InChI is InChI=1S/C20H21NO4/c1-4-6-7-14-8-9-17-18(13(14)3)20(24)15(12-25-17)19(16(23)11-22)21-10-5-2/h4-12,19,21-23H,1H2,2-3H3/b7-6-,10-5-,16-11-. The van der Waals surface area contributed by atoms with Gasteiger partial charge in [-0.2, -0.15) is 0 Å². The summed E-state index contributed by atoms with van der Waals surface area (Å²) in [5.41, 5.74) is 2.02. The third-order valence-corrected chi connectivity index (χ3v) is 3.85. The van der Waals surface area contributed by atoms with Crippen molar-refractivity contribution in [1.82, 2.24) is 5.32 Å². The molecule has 1 unspecified atom stereocenters. The molecule has 25 heavy (non-hydrogen) atoms. The van der Waals surface area contributed by atoms with Crippen LogP contribution in [0, 0.1) is 6.92 Å². The maximum absolute atomic E-state index is 13.0. The summed E-state index contributed by atoms with van der Waals surface area (Å²) in [5, 5.41) is 22.4. The number of aliphatic hydroxyl groups is 2. The maximum Gasteiger partial charge on any atom is 0.198 e. The zero-order chi connectivity index (χ0) is 18.4. The molecule has 1 aromatic heterocycles. The van der Waals surface area contributed by atoms with Crippen LogP contribution >= 0.6 is 0 Å². The summed E-state index contributed by atoms with van der Waals surface area (Å²) in [4.78, 5) is 13.0. The Morgan fingerprint density at radius 1 is 1.40 bits per heavy atom. The molecular formula is C20H21NO4. The summed E-state index contributed by atoms with van der Waals surface area (Å²) in [7, 11) is 0. The van der Waals surface area contributed by atoms with E-state index in [2.05, 4.69) is 11.9 Å². The summed E-state index contributed by atoms with van der Waals surface area (Å²) in [6.45, 7) is 7.26. The largest absolute Gasteiger partial charge is 0.512 e. The lowest BCUT2D eigenvalue weighted by molar-refractivity contribution is 0.316. The minimum Gasteiger partial charge on any atom is -0.512 e. The van der Waals surface area contributed by atoms with Gasteiger partial charge in [0.1, 0.15) is 24.2 Å². The van der Waals surface area contributed by atoms with Crippen LogP contribution in [-0.2, 0) is 0 Å². The molecule has 0 aliphatic heterocycles. The first-order valence-electron chi connectivity index (χ1n) is 7.79. The second-order valence-corrected chi connectivity index (χ2v) is 5.42. The predicted octanol–water partition coefficient (Wildman–Crippen LogP) is 4.42. The molecule has 2 rings (SSSR count). The predicted molar refractivity (Wildman–Crippen MR) is 100 cm³/mol. The van der Waals surface area contributed by atoms with E-state index < -0.39 is 6.04 Å². The van der Waals surface area contributed by atoms with E-state index in [1.165, 1.54) is 6.26 Å². The molecule has 2 aromatic rings. The molecule has 0 saturated heterocycles. The van der Waals surface area contributed by atoms with E-state index in [-0.39, 0.29) is 16.8 Å². The molecule has 0 radical (unpaired) electrons. The van der Waals surface area contributed by atoms with Crippen molar-refractivity contribution in [2.24, 2.45) is 0 Å². The van der Waals surface area contributed by atoms with Crippen LogP contribution < -0.4 is 10.7 Å². The Kier molecular flexibility index (Phi) is 5.84. The minimum absolute atomic E-state index is 0.196. The molecule has 1 atom stereocenters. The van der Waals surface area contributed by atoms with Crippen molar-refractivity contribution in [3.05, 3.63) is 88.3 Å². The van der Waals surface area contributed by atoms with Gasteiger partial charge in [0.25, 0.3) is 0 Å². The minimum atomic E-state index is -0.909. The fourth-order valence-corrected chi connectivity index (χ4v) is 2.56. The fraction of sp³-hybridized carbons (Fsp3) is 0.150. The average molecular weight is 339 g/mol. The molecule has 0 bridgehead atoms. The van der Waals surface area contributed by atoms with Gasteiger partial charge in [-0.3, -0.25) is 4.79 Å². The van der Waals surface area contributed by atoms with E-state index in [0.29, 0.717) is 17.2 Å². The number of benzene rings is 1. The highest BCUT2D eigenvalue weighted by atomic mass is 16.3. The van der Waals surface area contributed by atoms with Gasteiger partial charge in [0.05, 0.1) is 10.9 Å². The first-order chi connectivity index (χ1) is 12.0.